The predicted octanol–water partition coefficient (Wildman–Crippen LogP) is 3.21. The van der Waals surface area contributed by atoms with E-state index in [1.807, 2.05) is 6.07 Å². The Morgan fingerprint density at radius 3 is 2.62 bits per heavy atom. The topological polar surface area (TPSA) is 55.5 Å². The highest BCUT2D eigenvalue weighted by Gasteiger charge is 2.19. The molecule has 0 aliphatic carbocycles. The summed E-state index contributed by atoms with van der Waals surface area (Å²) in [6.45, 7) is 4.15. The first-order valence-corrected chi connectivity index (χ1v) is 6.12. The lowest BCUT2D eigenvalue weighted by Crippen LogP contribution is -2.18. The van der Waals surface area contributed by atoms with Gasteiger partial charge in [-0.3, -0.25) is 0 Å². The van der Waals surface area contributed by atoms with Gasteiger partial charge in [0.2, 0.25) is 0 Å². The van der Waals surface area contributed by atoms with E-state index >= 15 is 0 Å². The molecule has 0 saturated heterocycles. The molecule has 0 aliphatic heterocycles. The number of rotatable bonds is 4. The summed E-state index contributed by atoms with van der Waals surface area (Å²) in [6.07, 6.45) is 0.968. The standard InChI is InChI=1S/C12H18BrNO2/c1-4-7(2)11(14)9-5-8(13)6-10(16-3)12(9)15/h5-7,11,15H,4,14H2,1-3H3/t7?,11-/m1/s1. The number of hydrogen-bond acceptors (Lipinski definition) is 3. The lowest BCUT2D eigenvalue weighted by molar-refractivity contribution is 0.360. The predicted molar refractivity (Wildman–Crippen MR) is 68.7 cm³/mol. The molecule has 1 unspecified atom stereocenters. The van der Waals surface area contributed by atoms with Crippen molar-refractivity contribution in [3.63, 3.8) is 0 Å². The number of phenols is 1. The molecule has 2 atom stereocenters. The minimum Gasteiger partial charge on any atom is -0.504 e. The zero-order chi connectivity index (χ0) is 12.3. The summed E-state index contributed by atoms with van der Waals surface area (Å²) in [4.78, 5) is 0. The Hall–Kier alpha value is -0.740. The van der Waals surface area contributed by atoms with Crippen LogP contribution in [0.3, 0.4) is 0 Å². The molecule has 0 radical (unpaired) electrons. The van der Waals surface area contributed by atoms with Crippen molar-refractivity contribution in [1.29, 1.82) is 0 Å². The molecule has 0 saturated carbocycles. The fourth-order valence-electron chi connectivity index (χ4n) is 1.56. The maximum Gasteiger partial charge on any atom is 0.162 e. The minimum absolute atomic E-state index is 0.138. The van der Waals surface area contributed by atoms with Crippen molar-refractivity contribution in [2.75, 3.05) is 7.11 Å². The highest BCUT2D eigenvalue weighted by molar-refractivity contribution is 9.10. The third-order valence-corrected chi connectivity index (χ3v) is 3.36. The molecule has 0 aromatic heterocycles. The average Bonchev–Trinajstić information content (AvgIpc) is 2.29. The molecule has 1 aromatic rings. The summed E-state index contributed by atoms with van der Waals surface area (Å²) < 4.78 is 5.95. The van der Waals surface area contributed by atoms with Crippen LogP contribution in [0.25, 0.3) is 0 Å². The molecule has 4 heteroatoms. The van der Waals surface area contributed by atoms with Gasteiger partial charge in [0.1, 0.15) is 0 Å². The van der Waals surface area contributed by atoms with Gasteiger partial charge in [-0.1, -0.05) is 36.2 Å². The molecular formula is C12H18BrNO2. The molecule has 1 aromatic carbocycles. The number of halogens is 1. The van der Waals surface area contributed by atoms with Crippen molar-refractivity contribution in [2.24, 2.45) is 11.7 Å². The van der Waals surface area contributed by atoms with Crippen LogP contribution in [0.15, 0.2) is 16.6 Å². The molecule has 0 spiro atoms. The van der Waals surface area contributed by atoms with Crippen molar-refractivity contribution < 1.29 is 9.84 Å². The van der Waals surface area contributed by atoms with E-state index in [9.17, 15) is 5.11 Å². The Bertz CT molecular complexity index is 368. The Labute approximate surface area is 105 Å². The van der Waals surface area contributed by atoms with Crippen LogP contribution in [-0.2, 0) is 0 Å². The molecular weight excluding hydrogens is 270 g/mol. The summed E-state index contributed by atoms with van der Waals surface area (Å²) in [6, 6.07) is 3.38. The summed E-state index contributed by atoms with van der Waals surface area (Å²) in [5.41, 5.74) is 6.83. The fourth-order valence-corrected chi connectivity index (χ4v) is 2.02. The molecule has 0 amide bonds. The number of ether oxygens (including phenoxy) is 1. The molecule has 0 heterocycles. The molecule has 16 heavy (non-hydrogen) atoms. The maximum atomic E-state index is 10.0. The van der Waals surface area contributed by atoms with E-state index in [0.717, 1.165) is 16.5 Å². The quantitative estimate of drug-likeness (QED) is 0.894. The van der Waals surface area contributed by atoms with Crippen LogP contribution in [0, 0.1) is 5.92 Å². The van der Waals surface area contributed by atoms with Crippen molar-refractivity contribution in [1.82, 2.24) is 0 Å². The lowest BCUT2D eigenvalue weighted by atomic mass is 9.92. The van der Waals surface area contributed by atoms with Gasteiger partial charge in [0.25, 0.3) is 0 Å². The second-order valence-corrected chi connectivity index (χ2v) is 4.87. The Morgan fingerprint density at radius 2 is 2.12 bits per heavy atom. The number of phenolic OH excluding ortho intramolecular Hbond substituents is 1. The first-order chi connectivity index (χ1) is 7.51. The lowest BCUT2D eigenvalue weighted by Gasteiger charge is -2.21. The van der Waals surface area contributed by atoms with Gasteiger partial charge in [0.15, 0.2) is 11.5 Å². The summed E-state index contributed by atoms with van der Waals surface area (Å²) in [5, 5.41) is 10.0. The van der Waals surface area contributed by atoms with Crippen molar-refractivity contribution in [2.45, 2.75) is 26.3 Å². The van der Waals surface area contributed by atoms with Crippen LogP contribution in [0.1, 0.15) is 31.9 Å². The van der Waals surface area contributed by atoms with Gasteiger partial charge in [0, 0.05) is 16.1 Å². The van der Waals surface area contributed by atoms with Gasteiger partial charge in [0.05, 0.1) is 7.11 Å². The minimum atomic E-state index is -0.184. The van der Waals surface area contributed by atoms with Crippen LogP contribution < -0.4 is 10.5 Å². The Balaban J connectivity index is 3.17. The zero-order valence-corrected chi connectivity index (χ0v) is 11.4. The number of methoxy groups -OCH3 is 1. The van der Waals surface area contributed by atoms with Crippen molar-refractivity contribution >= 4 is 15.9 Å². The van der Waals surface area contributed by atoms with E-state index in [-0.39, 0.29) is 11.8 Å². The summed E-state index contributed by atoms with van der Waals surface area (Å²) in [7, 11) is 1.53. The summed E-state index contributed by atoms with van der Waals surface area (Å²) in [5.74, 6) is 0.895. The third kappa shape index (κ3) is 2.68. The first-order valence-electron chi connectivity index (χ1n) is 5.33. The van der Waals surface area contributed by atoms with Crippen LogP contribution in [-0.4, -0.2) is 12.2 Å². The molecule has 3 N–H and O–H groups in total. The Kier molecular flexibility index (Phi) is 4.62. The SMILES string of the molecule is CCC(C)[C@@H](N)c1cc(Br)cc(OC)c1O. The maximum absolute atomic E-state index is 10.0. The van der Waals surface area contributed by atoms with E-state index < -0.39 is 0 Å². The van der Waals surface area contributed by atoms with Gasteiger partial charge >= 0.3 is 0 Å². The number of aromatic hydroxyl groups is 1. The van der Waals surface area contributed by atoms with Gasteiger partial charge in [-0.05, 0) is 18.1 Å². The van der Waals surface area contributed by atoms with E-state index in [1.165, 1.54) is 7.11 Å². The smallest absolute Gasteiger partial charge is 0.162 e. The normalized spacial score (nSPS) is 14.6. The van der Waals surface area contributed by atoms with Gasteiger partial charge in [-0.2, -0.15) is 0 Å². The largest absolute Gasteiger partial charge is 0.504 e. The molecule has 0 fully saturated rings. The average molecular weight is 288 g/mol. The fraction of sp³-hybridized carbons (Fsp3) is 0.500. The third-order valence-electron chi connectivity index (χ3n) is 2.91. The first kappa shape index (κ1) is 13.3. The number of nitrogens with two attached hydrogens (primary N) is 1. The molecule has 3 nitrogen and oxygen atoms in total. The van der Waals surface area contributed by atoms with Gasteiger partial charge in [-0.25, -0.2) is 0 Å². The number of hydrogen-bond donors (Lipinski definition) is 2. The monoisotopic (exact) mass is 287 g/mol. The molecule has 90 valence electrons. The molecule has 0 aliphatic rings. The van der Waals surface area contributed by atoms with E-state index in [0.29, 0.717) is 11.7 Å². The van der Waals surface area contributed by atoms with Crippen LogP contribution in [0.5, 0.6) is 11.5 Å². The van der Waals surface area contributed by atoms with Gasteiger partial charge < -0.3 is 15.6 Å². The Morgan fingerprint density at radius 1 is 1.50 bits per heavy atom. The zero-order valence-electron chi connectivity index (χ0n) is 9.83. The second-order valence-electron chi connectivity index (χ2n) is 3.96. The van der Waals surface area contributed by atoms with Gasteiger partial charge in [-0.15, -0.1) is 0 Å². The van der Waals surface area contributed by atoms with E-state index in [4.69, 9.17) is 10.5 Å². The van der Waals surface area contributed by atoms with Crippen LogP contribution in [0.2, 0.25) is 0 Å². The summed E-state index contributed by atoms with van der Waals surface area (Å²) >= 11 is 3.38. The van der Waals surface area contributed by atoms with E-state index in [1.54, 1.807) is 6.07 Å². The van der Waals surface area contributed by atoms with Crippen molar-refractivity contribution in [3.05, 3.63) is 22.2 Å². The highest BCUT2D eigenvalue weighted by atomic mass is 79.9. The molecule has 0 bridgehead atoms. The van der Waals surface area contributed by atoms with E-state index in [2.05, 4.69) is 29.8 Å². The second kappa shape index (κ2) is 5.55. The van der Waals surface area contributed by atoms with Crippen molar-refractivity contribution in [3.8, 4) is 11.5 Å². The highest BCUT2D eigenvalue weighted by Crippen LogP contribution is 2.38. The molecule has 1 rings (SSSR count). The van der Waals surface area contributed by atoms with Crippen LogP contribution in [0.4, 0.5) is 0 Å². The number of benzene rings is 1. The van der Waals surface area contributed by atoms with Crippen LogP contribution >= 0.6 is 15.9 Å².